The van der Waals surface area contributed by atoms with Crippen molar-refractivity contribution >= 4 is 17.7 Å². The van der Waals surface area contributed by atoms with E-state index in [9.17, 15) is 4.79 Å². The lowest BCUT2D eigenvalue weighted by atomic mass is 10.1. The van der Waals surface area contributed by atoms with Gasteiger partial charge in [-0.1, -0.05) is 19.1 Å². The average Bonchev–Trinajstić information content (AvgIpc) is 1.82. The summed E-state index contributed by atoms with van der Waals surface area (Å²) >= 11 is 4.47. The van der Waals surface area contributed by atoms with E-state index in [1.165, 1.54) is 0 Å². The largest absolute Gasteiger partial charge is 0.281 e. The molecule has 1 unspecified atom stereocenters. The molecule has 0 rings (SSSR count). The lowest BCUT2D eigenvalue weighted by molar-refractivity contribution is -0.113. The normalized spacial score (nSPS) is 14.0. The highest BCUT2D eigenvalue weighted by molar-refractivity contribution is 7.96. The molecule has 0 spiro atoms. The Bertz CT molecular complexity index is 118. The van der Waals surface area contributed by atoms with Gasteiger partial charge in [0.15, 0.2) is 0 Å². The molecule has 2 heteroatoms. The van der Waals surface area contributed by atoms with Crippen LogP contribution in [0.5, 0.6) is 0 Å². The Kier molecular flexibility index (Phi) is 4.32. The van der Waals surface area contributed by atoms with E-state index in [0.29, 0.717) is 0 Å². The van der Waals surface area contributed by atoms with Crippen LogP contribution in [0.2, 0.25) is 0 Å². The second kappa shape index (κ2) is 4.50. The van der Waals surface area contributed by atoms with Crippen LogP contribution in [0.3, 0.4) is 0 Å². The fraction of sp³-hybridized carbons (Fsp3) is 0.571. The second-order valence-corrected chi connectivity index (χ2v) is 2.26. The summed E-state index contributed by atoms with van der Waals surface area (Å²) in [6.45, 7) is 3.84. The molecule has 0 aliphatic carbocycles. The highest BCUT2D eigenvalue weighted by Gasteiger charge is 2.07. The van der Waals surface area contributed by atoms with Gasteiger partial charge in [0.1, 0.15) is 0 Å². The van der Waals surface area contributed by atoms with E-state index in [1.807, 2.05) is 26.0 Å². The molecule has 1 radical (unpaired) electrons. The smallest absolute Gasteiger partial charge is 0.225 e. The van der Waals surface area contributed by atoms with E-state index in [2.05, 4.69) is 12.6 Å². The van der Waals surface area contributed by atoms with E-state index in [0.717, 1.165) is 6.42 Å². The lowest BCUT2D eigenvalue weighted by Crippen LogP contribution is -2.02. The molecule has 0 aliphatic heterocycles. The van der Waals surface area contributed by atoms with Gasteiger partial charge in [-0.15, -0.1) is 0 Å². The SMILES string of the molecule is C/C=C/C(CC)C(=O)[S]. The van der Waals surface area contributed by atoms with E-state index >= 15 is 0 Å². The van der Waals surface area contributed by atoms with Crippen LogP contribution in [0.15, 0.2) is 12.2 Å². The van der Waals surface area contributed by atoms with Crippen LogP contribution in [-0.4, -0.2) is 5.12 Å². The number of hydrogen-bond acceptors (Lipinski definition) is 1. The van der Waals surface area contributed by atoms with Crippen LogP contribution >= 0.6 is 12.6 Å². The van der Waals surface area contributed by atoms with Crippen molar-refractivity contribution in [3.05, 3.63) is 12.2 Å². The van der Waals surface area contributed by atoms with Gasteiger partial charge in [-0.05, 0) is 26.0 Å². The Balaban J connectivity index is 3.83. The highest BCUT2D eigenvalue weighted by Crippen LogP contribution is 2.07. The first-order valence-electron chi connectivity index (χ1n) is 3.06. The van der Waals surface area contributed by atoms with Crippen molar-refractivity contribution in [1.82, 2.24) is 0 Å². The highest BCUT2D eigenvalue weighted by atomic mass is 32.1. The van der Waals surface area contributed by atoms with Gasteiger partial charge < -0.3 is 0 Å². The molecular formula is C7H11OS. The molecule has 0 aromatic carbocycles. The summed E-state index contributed by atoms with van der Waals surface area (Å²) in [4.78, 5) is 10.5. The van der Waals surface area contributed by atoms with E-state index < -0.39 is 0 Å². The number of allylic oxidation sites excluding steroid dienone is 2. The van der Waals surface area contributed by atoms with Gasteiger partial charge in [0, 0.05) is 0 Å². The first-order chi connectivity index (χ1) is 4.22. The molecule has 0 aromatic heterocycles. The van der Waals surface area contributed by atoms with Crippen molar-refractivity contribution in [3.63, 3.8) is 0 Å². The molecule has 1 atom stereocenters. The van der Waals surface area contributed by atoms with E-state index in [1.54, 1.807) is 0 Å². The van der Waals surface area contributed by atoms with Gasteiger partial charge in [0.05, 0.1) is 5.92 Å². The Labute approximate surface area is 61.6 Å². The molecule has 0 saturated heterocycles. The topological polar surface area (TPSA) is 17.1 Å². The zero-order chi connectivity index (χ0) is 7.28. The molecule has 1 nitrogen and oxygen atoms in total. The zero-order valence-corrected chi connectivity index (χ0v) is 6.57. The summed E-state index contributed by atoms with van der Waals surface area (Å²) < 4.78 is 0. The molecule has 0 saturated carbocycles. The third kappa shape index (κ3) is 3.25. The fourth-order valence-corrected chi connectivity index (χ4v) is 0.859. The van der Waals surface area contributed by atoms with Crippen molar-refractivity contribution in [2.75, 3.05) is 0 Å². The third-order valence-electron chi connectivity index (χ3n) is 1.17. The minimum absolute atomic E-state index is 0.0370. The second-order valence-electron chi connectivity index (χ2n) is 1.86. The molecule has 0 aliphatic rings. The van der Waals surface area contributed by atoms with Crippen molar-refractivity contribution in [2.45, 2.75) is 20.3 Å². The van der Waals surface area contributed by atoms with E-state index in [-0.39, 0.29) is 11.0 Å². The molecule has 51 valence electrons. The first kappa shape index (κ1) is 8.63. The molecule has 0 bridgehead atoms. The Hall–Kier alpha value is -0.370. The lowest BCUT2D eigenvalue weighted by Gasteiger charge is -1.99. The minimum Gasteiger partial charge on any atom is -0.281 e. The zero-order valence-electron chi connectivity index (χ0n) is 5.76. The summed E-state index contributed by atoms with van der Waals surface area (Å²) in [5.41, 5.74) is 0. The van der Waals surface area contributed by atoms with Crippen LogP contribution in [-0.2, 0) is 4.79 Å². The van der Waals surface area contributed by atoms with Crippen molar-refractivity contribution in [2.24, 2.45) is 5.92 Å². The van der Waals surface area contributed by atoms with Crippen LogP contribution < -0.4 is 0 Å². The minimum atomic E-state index is -0.157. The molecule has 0 fully saturated rings. The maximum Gasteiger partial charge on any atom is 0.225 e. The summed E-state index contributed by atoms with van der Waals surface area (Å²) in [6.07, 6.45) is 4.51. The van der Waals surface area contributed by atoms with Gasteiger partial charge in [0.2, 0.25) is 5.12 Å². The van der Waals surface area contributed by atoms with Crippen molar-refractivity contribution in [1.29, 1.82) is 0 Å². The molecular weight excluding hydrogens is 132 g/mol. The van der Waals surface area contributed by atoms with Gasteiger partial charge in [-0.25, -0.2) is 0 Å². The standard InChI is InChI=1S/C7H11OS/c1-3-5-6(4-2)7(8)9/h3,5-6H,4H2,1-2H3/b5-3+. The first-order valence-corrected chi connectivity index (χ1v) is 3.46. The van der Waals surface area contributed by atoms with Crippen LogP contribution in [0.1, 0.15) is 20.3 Å². The Morgan fingerprint density at radius 1 is 1.78 bits per heavy atom. The summed E-state index contributed by atoms with van der Waals surface area (Å²) in [5, 5.41) is -0.157. The number of carbonyl (C=O) groups is 1. The Morgan fingerprint density at radius 3 is 2.44 bits per heavy atom. The third-order valence-corrected chi connectivity index (χ3v) is 1.47. The van der Waals surface area contributed by atoms with Gasteiger partial charge >= 0.3 is 0 Å². The average molecular weight is 143 g/mol. The predicted octanol–water partition coefficient (Wildman–Crippen LogP) is 2.31. The van der Waals surface area contributed by atoms with Crippen LogP contribution in [0, 0.1) is 5.92 Å². The fourth-order valence-electron chi connectivity index (χ4n) is 0.614. The van der Waals surface area contributed by atoms with Gasteiger partial charge in [0.25, 0.3) is 0 Å². The van der Waals surface area contributed by atoms with Crippen molar-refractivity contribution in [3.8, 4) is 0 Å². The quantitative estimate of drug-likeness (QED) is 0.554. The summed E-state index contributed by atoms with van der Waals surface area (Å²) in [6, 6.07) is 0. The summed E-state index contributed by atoms with van der Waals surface area (Å²) in [7, 11) is 0. The molecule has 9 heavy (non-hydrogen) atoms. The monoisotopic (exact) mass is 143 g/mol. The van der Waals surface area contributed by atoms with E-state index in [4.69, 9.17) is 0 Å². The number of carbonyl (C=O) groups excluding carboxylic acids is 1. The molecule has 0 heterocycles. The maximum absolute atomic E-state index is 10.5. The Morgan fingerprint density at radius 2 is 2.33 bits per heavy atom. The number of rotatable bonds is 3. The van der Waals surface area contributed by atoms with Crippen molar-refractivity contribution < 1.29 is 4.79 Å². The van der Waals surface area contributed by atoms with Gasteiger partial charge in [-0.3, -0.25) is 4.79 Å². The van der Waals surface area contributed by atoms with Crippen LogP contribution in [0.25, 0.3) is 0 Å². The summed E-state index contributed by atoms with van der Waals surface area (Å²) in [5.74, 6) is -0.0370. The molecule has 0 amide bonds. The van der Waals surface area contributed by atoms with Gasteiger partial charge in [-0.2, -0.15) is 0 Å². The van der Waals surface area contributed by atoms with Crippen LogP contribution in [0.4, 0.5) is 0 Å². The maximum atomic E-state index is 10.5. The predicted molar refractivity (Wildman–Crippen MR) is 41.2 cm³/mol. The molecule has 0 aromatic rings. The number of hydrogen-bond donors (Lipinski definition) is 0. The molecule has 0 N–H and O–H groups in total.